The first-order valence-electron chi connectivity index (χ1n) is 11.7. The number of rotatable bonds is 12. The van der Waals surface area contributed by atoms with Crippen molar-refractivity contribution in [2.24, 2.45) is 0 Å². The topological polar surface area (TPSA) is 156 Å². The number of likely N-dealkylation sites (tertiary alicyclic amines) is 1. The summed E-state index contributed by atoms with van der Waals surface area (Å²) in [4.78, 5) is 35.5. The number of carboxylic acid groups (broad SMARTS) is 3. The van der Waals surface area contributed by atoms with Crippen LogP contribution in [0, 0.1) is 13.8 Å². The first-order chi connectivity index (χ1) is 16.2. The summed E-state index contributed by atoms with van der Waals surface area (Å²) in [5.41, 5.74) is 2.23. The Hall–Kier alpha value is -2.76. The quantitative estimate of drug-likeness (QED) is 0.314. The van der Waals surface area contributed by atoms with E-state index < -0.39 is 36.4 Å². The van der Waals surface area contributed by atoms with Crippen molar-refractivity contribution in [2.45, 2.75) is 71.6 Å². The number of aryl methyl sites for hydroxylation is 1. The van der Waals surface area contributed by atoms with Crippen LogP contribution < -0.4 is 0 Å². The Labute approximate surface area is 206 Å². The highest BCUT2D eigenvalue weighted by atomic mass is 16.4. The van der Waals surface area contributed by atoms with Crippen molar-refractivity contribution in [3.05, 3.63) is 29.1 Å². The smallest absolute Gasteiger partial charge is 0.336 e. The van der Waals surface area contributed by atoms with Gasteiger partial charge in [0.15, 0.2) is 5.60 Å². The van der Waals surface area contributed by atoms with Crippen LogP contribution in [0.4, 0.5) is 0 Å². The third kappa shape index (κ3) is 10.6. The highest BCUT2D eigenvalue weighted by molar-refractivity contribution is 5.88. The van der Waals surface area contributed by atoms with Gasteiger partial charge in [-0.15, -0.1) is 0 Å². The largest absolute Gasteiger partial charge is 0.481 e. The summed E-state index contributed by atoms with van der Waals surface area (Å²) in [7, 11) is 2.22. The number of aromatic nitrogens is 2. The molecular weight excluding hydrogens is 456 g/mol. The molecule has 2 rings (SSSR count). The Bertz CT molecular complexity index is 875. The lowest BCUT2D eigenvalue weighted by atomic mass is 9.96. The van der Waals surface area contributed by atoms with E-state index in [0.29, 0.717) is 0 Å². The van der Waals surface area contributed by atoms with E-state index in [1.54, 1.807) is 0 Å². The molecule has 11 heteroatoms. The van der Waals surface area contributed by atoms with Gasteiger partial charge in [0.1, 0.15) is 0 Å². The molecule has 1 aromatic heterocycles. The van der Waals surface area contributed by atoms with Crippen LogP contribution in [0.2, 0.25) is 0 Å². The Morgan fingerprint density at radius 2 is 1.60 bits per heavy atom. The summed E-state index contributed by atoms with van der Waals surface area (Å²) in [6.45, 7) is 17.0. The zero-order valence-corrected chi connectivity index (χ0v) is 21.3. The van der Waals surface area contributed by atoms with Gasteiger partial charge >= 0.3 is 17.9 Å². The summed E-state index contributed by atoms with van der Waals surface area (Å²) in [5.74, 6) is -5.02. The van der Waals surface area contributed by atoms with Gasteiger partial charge in [-0.2, -0.15) is 5.10 Å². The lowest BCUT2D eigenvalue weighted by molar-refractivity contribution is -0.170. The van der Waals surface area contributed by atoms with Crippen LogP contribution in [0.1, 0.15) is 56.0 Å². The van der Waals surface area contributed by atoms with Gasteiger partial charge in [0.25, 0.3) is 0 Å². The molecule has 1 aromatic rings. The molecule has 1 saturated heterocycles. The van der Waals surface area contributed by atoms with Gasteiger partial charge in [0.05, 0.1) is 25.1 Å². The zero-order valence-electron chi connectivity index (χ0n) is 21.3. The van der Waals surface area contributed by atoms with E-state index in [9.17, 15) is 14.4 Å². The fraction of sp³-hybridized carbons (Fsp3) is 0.667. The van der Waals surface area contributed by atoms with E-state index in [-0.39, 0.29) is 0 Å². The van der Waals surface area contributed by atoms with Gasteiger partial charge in [-0.1, -0.05) is 18.6 Å². The van der Waals surface area contributed by atoms with Crippen LogP contribution in [0.25, 0.3) is 0 Å². The first-order valence-corrected chi connectivity index (χ1v) is 11.7. The molecule has 11 nitrogen and oxygen atoms in total. The lowest BCUT2D eigenvalue weighted by Crippen LogP contribution is -2.42. The minimum Gasteiger partial charge on any atom is -0.481 e. The number of hydrogen-bond acceptors (Lipinski definition) is 7. The third-order valence-electron chi connectivity index (χ3n) is 5.91. The van der Waals surface area contributed by atoms with E-state index in [2.05, 4.69) is 54.0 Å². The average Bonchev–Trinajstić information content (AvgIpc) is 2.99. The van der Waals surface area contributed by atoms with E-state index >= 15 is 0 Å². The monoisotopic (exact) mass is 496 g/mol. The maximum atomic E-state index is 10.3. The highest BCUT2D eigenvalue weighted by Gasteiger charge is 2.40. The molecule has 4 N–H and O–H groups in total. The van der Waals surface area contributed by atoms with Crippen molar-refractivity contribution in [3.8, 4) is 0 Å². The molecule has 2 heterocycles. The predicted octanol–water partition coefficient (Wildman–Crippen LogP) is 1.75. The van der Waals surface area contributed by atoms with E-state index in [4.69, 9.17) is 20.4 Å². The van der Waals surface area contributed by atoms with E-state index in [0.717, 1.165) is 30.9 Å². The van der Waals surface area contributed by atoms with Crippen LogP contribution in [0.15, 0.2) is 12.2 Å². The molecule has 0 bridgehead atoms. The summed E-state index contributed by atoms with van der Waals surface area (Å²) >= 11 is 0. The van der Waals surface area contributed by atoms with Gasteiger partial charge in [-0.3, -0.25) is 14.3 Å². The number of carbonyl (C=O) groups is 3. The second kappa shape index (κ2) is 14.0. The minimum absolute atomic E-state index is 0.824. The minimum atomic E-state index is -2.74. The van der Waals surface area contributed by atoms with Crippen LogP contribution >= 0.6 is 0 Å². The highest BCUT2D eigenvalue weighted by Crippen LogP contribution is 2.17. The molecule has 0 aromatic carbocycles. The maximum Gasteiger partial charge on any atom is 0.336 e. The zero-order chi connectivity index (χ0) is 26.8. The standard InChI is InChI=1S/C18H32N4.C6H8O7/c1-15(2)13-22-17(4)18(16(3)19-22)14-20(5)11-12-21-9-7-6-8-10-21;7-3(8)1-6(13,5(11)12)2-4(9)10/h1,6-14H2,2-5H3;13H,1-2H2,(H,7,8)(H,9,10)(H,11,12). The lowest BCUT2D eigenvalue weighted by Gasteiger charge is -2.28. The van der Waals surface area contributed by atoms with Crippen LogP contribution in [0.3, 0.4) is 0 Å². The number of aliphatic carboxylic acids is 3. The molecule has 1 fully saturated rings. The van der Waals surface area contributed by atoms with Gasteiger partial charge < -0.3 is 30.2 Å². The predicted molar refractivity (Wildman–Crippen MR) is 130 cm³/mol. The molecule has 35 heavy (non-hydrogen) atoms. The average molecular weight is 497 g/mol. The van der Waals surface area contributed by atoms with Crippen LogP contribution in [0.5, 0.6) is 0 Å². The molecule has 0 amide bonds. The molecule has 0 atom stereocenters. The fourth-order valence-electron chi connectivity index (χ4n) is 3.93. The molecule has 0 unspecified atom stereocenters. The SMILES string of the molecule is C=C(C)Cn1nc(C)c(CN(C)CCN2CCCCC2)c1C.O=C(O)CC(O)(CC(=O)O)C(=O)O. The molecule has 198 valence electrons. The summed E-state index contributed by atoms with van der Waals surface area (Å²) in [6, 6.07) is 0. The second-order valence-electron chi connectivity index (χ2n) is 9.38. The molecular formula is C24H40N4O7. The molecule has 0 spiro atoms. The summed E-state index contributed by atoms with van der Waals surface area (Å²) in [5, 5.41) is 38.5. The van der Waals surface area contributed by atoms with Crippen molar-refractivity contribution in [1.82, 2.24) is 19.6 Å². The number of allylic oxidation sites excluding steroid dienone is 1. The third-order valence-corrected chi connectivity index (χ3v) is 5.91. The van der Waals surface area contributed by atoms with Crippen molar-refractivity contribution in [1.29, 1.82) is 0 Å². The van der Waals surface area contributed by atoms with Crippen molar-refractivity contribution >= 4 is 17.9 Å². The second-order valence-corrected chi connectivity index (χ2v) is 9.38. The maximum absolute atomic E-state index is 10.3. The summed E-state index contributed by atoms with van der Waals surface area (Å²) in [6.07, 6.45) is 1.86. The Kier molecular flexibility index (Phi) is 12.1. The van der Waals surface area contributed by atoms with Crippen LogP contribution in [-0.4, -0.2) is 96.7 Å². The van der Waals surface area contributed by atoms with Crippen molar-refractivity contribution in [3.63, 3.8) is 0 Å². The number of likely N-dealkylation sites (N-methyl/N-ethyl adjacent to an activating group) is 1. The molecule has 0 aliphatic carbocycles. The number of carboxylic acids is 3. The van der Waals surface area contributed by atoms with E-state index in [1.807, 2.05) is 0 Å². The van der Waals surface area contributed by atoms with Gasteiger partial charge in [-0.25, -0.2) is 4.79 Å². The number of nitrogens with zero attached hydrogens (tertiary/aromatic N) is 4. The van der Waals surface area contributed by atoms with Gasteiger partial charge in [0, 0.05) is 30.9 Å². The number of hydrogen-bond donors (Lipinski definition) is 4. The normalized spacial score (nSPS) is 14.3. The molecule has 1 aliphatic rings. The summed E-state index contributed by atoms with van der Waals surface area (Å²) < 4.78 is 2.09. The molecule has 1 aliphatic heterocycles. The van der Waals surface area contributed by atoms with E-state index in [1.165, 1.54) is 50.2 Å². The van der Waals surface area contributed by atoms with Crippen molar-refractivity contribution in [2.75, 3.05) is 33.2 Å². The number of aliphatic hydroxyl groups is 1. The Balaban J connectivity index is 0.000000405. The van der Waals surface area contributed by atoms with Crippen molar-refractivity contribution < 1.29 is 34.8 Å². The van der Waals surface area contributed by atoms with Gasteiger partial charge in [0.2, 0.25) is 0 Å². The number of piperidine rings is 1. The van der Waals surface area contributed by atoms with Crippen LogP contribution in [-0.2, 0) is 27.5 Å². The Morgan fingerprint density at radius 3 is 2.06 bits per heavy atom. The first kappa shape index (κ1) is 30.3. The molecule has 0 saturated carbocycles. The Morgan fingerprint density at radius 1 is 1.06 bits per heavy atom. The fourth-order valence-corrected chi connectivity index (χ4v) is 3.93. The van der Waals surface area contributed by atoms with Gasteiger partial charge in [-0.05, 0) is 53.8 Å². The molecule has 0 radical (unpaired) electrons.